The van der Waals surface area contributed by atoms with E-state index in [2.05, 4.69) is 45.3 Å². The van der Waals surface area contributed by atoms with Crippen molar-refractivity contribution in [3.8, 4) is 0 Å². The minimum absolute atomic E-state index is 0.209. The number of rotatable bonds is 8. The number of nitrogens with zero attached hydrogens (tertiary/aromatic N) is 3. The first-order valence-corrected chi connectivity index (χ1v) is 10.0. The number of ether oxygens (including phenoxy) is 1. The highest BCUT2D eigenvalue weighted by Crippen LogP contribution is 2.25. The summed E-state index contributed by atoms with van der Waals surface area (Å²) in [6, 6.07) is 8.09. The molecule has 7 heteroatoms. The number of benzene rings is 1. The Morgan fingerprint density at radius 1 is 1.19 bits per heavy atom. The molecule has 6 nitrogen and oxygen atoms in total. The monoisotopic (exact) mass is 395 g/mol. The Bertz CT molecular complexity index is 600. The molecule has 1 saturated heterocycles. The summed E-state index contributed by atoms with van der Waals surface area (Å²) in [7, 11) is 3.52. The highest BCUT2D eigenvalue weighted by atomic mass is 35.5. The third-order valence-electron chi connectivity index (χ3n) is 4.97. The molecule has 152 valence electrons. The van der Waals surface area contributed by atoms with E-state index < -0.39 is 0 Å². The first kappa shape index (κ1) is 21.8. The van der Waals surface area contributed by atoms with E-state index >= 15 is 0 Å². The van der Waals surface area contributed by atoms with Crippen molar-refractivity contribution < 1.29 is 4.74 Å². The van der Waals surface area contributed by atoms with Gasteiger partial charge in [0.2, 0.25) is 0 Å². The summed E-state index contributed by atoms with van der Waals surface area (Å²) in [6.07, 6.45) is 1.08. The molecule has 0 amide bonds. The molecule has 0 saturated carbocycles. The normalized spacial score (nSPS) is 16.5. The molecule has 1 aliphatic rings. The molecule has 0 bridgehead atoms. The van der Waals surface area contributed by atoms with Crippen LogP contribution in [0.2, 0.25) is 5.02 Å². The van der Waals surface area contributed by atoms with E-state index in [1.165, 1.54) is 0 Å². The van der Waals surface area contributed by atoms with E-state index in [4.69, 9.17) is 16.3 Å². The van der Waals surface area contributed by atoms with E-state index in [9.17, 15) is 0 Å². The van der Waals surface area contributed by atoms with Crippen LogP contribution in [0.1, 0.15) is 20.3 Å². The third kappa shape index (κ3) is 7.20. The van der Waals surface area contributed by atoms with Crippen LogP contribution < -0.4 is 15.5 Å². The Balaban J connectivity index is 1.63. The molecule has 2 rings (SSSR count). The molecule has 0 unspecified atom stereocenters. The average Bonchev–Trinajstić information content (AvgIpc) is 2.68. The van der Waals surface area contributed by atoms with Gasteiger partial charge in [-0.1, -0.05) is 23.7 Å². The summed E-state index contributed by atoms with van der Waals surface area (Å²) >= 11 is 6.31. The molecule has 0 spiro atoms. The number of para-hydroxylation sites is 1. The number of anilines is 1. The fourth-order valence-electron chi connectivity index (χ4n) is 3.02. The standard InChI is InChI=1S/C20H34ClN5O/c1-20(2,27-4)16-24-19(22-3)23-10-7-11-25-12-14-26(15-13-25)18-9-6-5-8-17(18)21/h5-6,8-9H,7,10-16H2,1-4H3,(H2,22,23,24). The lowest BCUT2D eigenvalue weighted by atomic mass is 10.1. The van der Waals surface area contributed by atoms with Gasteiger partial charge in [-0.15, -0.1) is 0 Å². The topological polar surface area (TPSA) is 52.1 Å². The Morgan fingerprint density at radius 2 is 1.89 bits per heavy atom. The Kier molecular flexibility index (Phi) is 8.67. The first-order chi connectivity index (χ1) is 12.9. The quantitative estimate of drug-likeness (QED) is 0.402. The zero-order chi connectivity index (χ0) is 19.7. The fraction of sp³-hybridized carbons (Fsp3) is 0.650. The third-order valence-corrected chi connectivity index (χ3v) is 5.29. The summed E-state index contributed by atoms with van der Waals surface area (Å²) in [5, 5.41) is 7.52. The van der Waals surface area contributed by atoms with Crippen LogP contribution in [0.5, 0.6) is 0 Å². The van der Waals surface area contributed by atoms with Crippen molar-refractivity contribution in [3.05, 3.63) is 29.3 Å². The summed E-state index contributed by atoms with van der Waals surface area (Å²) < 4.78 is 5.42. The summed E-state index contributed by atoms with van der Waals surface area (Å²) in [5.74, 6) is 0.823. The zero-order valence-corrected chi connectivity index (χ0v) is 17.9. The lowest BCUT2D eigenvalue weighted by molar-refractivity contribution is 0.0268. The van der Waals surface area contributed by atoms with Crippen molar-refractivity contribution in [1.29, 1.82) is 0 Å². The maximum absolute atomic E-state index is 6.31. The number of methoxy groups -OCH3 is 1. The van der Waals surface area contributed by atoms with Crippen LogP contribution in [-0.4, -0.2) is 76.4 Å². The number of hydrogen-bond donors (Lipinski definition) is 2. The van der Waals surface area contributed by atoms with Gasteiger partial charge in [-0.25, -0.2) is 0 Å². The van der Waals surface area contributed by atoms with Gasteiger partial charge in [0.15, 0.2) is 5.96 Å². The number of aliphatic imine (C=N–C) groups is 1. The van der Waals surface area contributed by atoms with Crippen molar-refractivity contribution in [1.82, 2.24) is 15.5 Å². The highest BCUT2D eigenvalue weighted by Gasteiger charge is 2.19. The molecule has 1 aliphatic heterocycles. The van der Waals surface area contributed by atoms with E-state index in [0.717, 1.165) is 62.4 Å². The smallest absolute Gasteiger partial charge is 0.191 e. The van der Waals surface area contributed by atoms with Gasteiger partial charge in [0.1, 0.15) is 0 Å². The van der Waals surface area contributed by atoms with Crippen LogP contribution in [-0.2, 0) is 4.74 Å². The zero-order valence-electron chi connectivity index (χ0n) is 17.1. The van der Waals surface area contributed by atoms with Crippen LogP contribution in [0.4, 0.5) is 5.69 Å². The number of hydrogen-bond acceptors (Lipinski definition) is 4. The van der Waals surface area contributed by atoms with Gasteiger partial charge >= 0.3 is 0 Å². The first-order valence-electron chi connectivity index (χ1n) is 9.66. The second-order valence-electron chi connectivity index (χ2n) is 7.45. The van der Waals surface area contributed by atoms with Crippen molar-refractivity contribution in [2.24, 2.45) is 4.99 Å². The molecular formula is C20H34ClN5O. The second kappa shape index (κ2) is 10.7. The molecule has 1 heterocycles. The predicted molar refractivity (Wildman–Crippen MR) is 115 cm³/mol. The average molecular weight is 396 g/mol. The van der Waals surface area contributed by atoms with E-state index in [-0.39, 0.29) is 5.60 Å². The largest absolute Gasteiger partial charge is 0.377 e. The lowest BCUT2D eigenvalue weighted by Gasteiger charge is -2.36. The Morgan fingerprint density at radius 3 is 2.52 bits per heavy atom. The maximum Gasteiger partial charge on any atom is 0.191 e. The Labute approximate surface area is 168 Å². The molecule has 27 heavy (non-hydrogen) atoms. The summed E-state index contributed by atoms with van der Waals surface area (Å²) in [6.45, 7) is 11.0. The number of nitrogens with one attached hydrogen (secondary N) is 2. The number of guanidine groups is 1. The molecule has 2 N–H and O–H groups in total. The lowest BCUT2D eigenvalue weighted by Crippen LogP contribution is -2.48. The van der Waals surface area contributed by atoms with Crippen molar-refractivity contribution in [3.63, 3.8) is 0 Å². The summed E-state index contributed by atoms with van der Waals surface area (Å²) in [5.41, 5.74) is 0.938. The van der Waals surface area contributed by atoms with Gasteiger partial charge in [-0.3, -0.25) is 9.89 Å². The van der Waals surface area contributed by atoms with Crippen LogP contribution in [0.15, 0.2) is 29.3 Å². The van der Waals surface area contributed by atoms with Crippen molar-refractivity contribution >= 4 is 23.2 Å². The molecule has 0 aliphatic carbocycles. The van der Waals surface area contributed by atoms with Gasteiger partial charge in [-0.05, 0) is 38.9 Å². The molecule has 1 fully saturated rings. The molecule has 0 atom stereocenters. The van der Waals surface area contributed by atoms with Crippen LogP contribution in [0.25, 0.3) is 0 Å². The van der Waals surface area contributed by atoms with E-state index in [1.807, 2.05) is 18.2 Å². The van der Waals surface area contributed by atoms with Gasteiger partial charge in [0.05, 0.1) is 16.3 Å². The molecule has 1 aromatic carbocycles. The van der Waals surface area contributed by atoms with Gasteiger partial charge < -0.3 is 20.3 Å². The number of halogens is 1. The van der Waals surface area contributed by atoms with Crippen LogP contribution >= 0.6 is 11.6 Å². The highest BCUT2D eigenvalue weighted by molar-refractivity contribution is 6.33. The van der Waals surface area contributed by atoms with Crippen molar-refractivity contribution in [2.75, 3.05) is 64.9 Å². The minimum atomic E-state index is -0.209. The van der Waals surface area contributed by atoms with Gasteiger partial charge in [-0.2, -0.15) is 0 Å². The van der Waals surface area contributed by atoms with Gasteiger partial charge in [0.25, 0.3) is 0 Å². The van der Waals surface area contributed by atoms with Crippen molar-refractivity contribution in [2.45, 2.75) is 25.9 Å². The summed E-state index contributed by atoms with van der Waals surface area (Å²) in [4.78, 5) is 9.16. The SMILES string of the molecule is CN=C(NCCCN1CCN(c2ccccc2Cl)CC1)NCC(C)(C)OC. The van der Waals surface area contributed by atoms with E-state index in [1.54, 1.807) is 14.2 Å². The molecule has 0 radical (unpaired) electrons. The Hall–Kier alpha value is -1.50. The molecule has 1 aromatic rings. The fourth-order valence-corrected chi connectivity index (χ4v) is 3.27. The molecule has 0 aromatic heterocycles. The second-order valence-corrected chi connectivity index (χ2v) is 7.86. The maximum atomic E-state index is 6.31. The van der Waals surface area contributed by atoms with Crippen LogP contribution in [0.3, 0.4) is 0 Å². The number of piperazine rings is 1. The van der Waals surface area contributed by atoms with Crippen LogP contribution in [0, 0.1) is 0 Å². The molecular weight excluding hydrogens is 362 g/mol. The van der Waals surface area contributed by atoms with E-state index in [0.29, 0.717) is 6.54 Å². The van der Waals surface area contributed by atoms with Gasteiger partial charge in [0, 0.05) is 53.4 Å². The minimum Gasteiger partial charge on any atom is -0.377 e. The predicted octanol–water partition coefficient (Wildman–Crippen LogP) is 2.44.